The Morgan fingerprint density at radius 3 is 3.09 bits per heavy atom. The van der Waals surface area contributed by atoms with Crippen LogP contribution in [0, 0.1) is 0 Å². The lowest BCUT2D eigenvalue weighted by atomic mass is 10.2. The van der Waals surface area contributed by atoms with Gasteiger partial charge in [0.15, 0.2) is 6.10 Å². The second-order valence-electron chi connectivity index (χ2n) is 4.87. The lowest BCUT2D eigenvalue weighted by Crippen LogP contribution is -2.49. The molecule has 0 bridgehead atoms. The summed E-state index contributed by atoms with van der Waals surface area (Å²) in [6.45, 7) is 0.717. The number of hydrogen-bond acceptors (Lipinski definition) is 6. The van der Waals surface area contributed by atoms with Gasteiger partial charge in [0.05, 0.1) is 31.5 Å². The second kappa shape index (κ2) is 6.29. The fourth-order valence-electron chi connectivity index (χ4n) is 2.20. The first kappa shape index (κ1) is 14.7. The van der Waals surface area contributed by atoms with E-state index in [1.54, 1.807) is 12.5 Å². The summed E-state index contributed by atoms with van der Waals surface area (Å²) in [5.41, 5.74) is 1.55. The molecule has 22 heavy (non-hydrogen) atoms. The van der Waals surface area contributed by atoms with Crippen LogP contribution in [0.1, 0.15) is 5.69 Å². The highest BCUT2D eigenvalue weighted by atomic mass is 32.1. The molecule has 0 radical (unpaired) electrons. The molecule has 8 heteroatoms. The zero-order chi connectivity index (χ0) is 15.5. The molecule has 1 fully saturated rings. The molecule has 0 aliphatic carbocycles. The van der Waals surface area contributed by atoms with Crippen molar-refractivity contribution in [2.75, 3.05) is 19.7 Å². The average Bonchev–Trinajstić information content (AvgIpc) is 3.18. The molecule has 0 aromatic carbocycles. The minimum Gasteiger partial charge on any atom is -0.479 e. The number of carbonyl (C=O) groups is 2. The Kier molecular flexibility index (Phi) is 4.21. The maximum atomic E-state index is 12.3. The normalized spacial score (nSPS) is 18.4. The van der Waals surface area contributed by atoms with E-state index in [1.165, 1.54) is 16.2 Å². The van der Waals surface area contributed by atoms with Gasteiger partial charge in [0, 0.05) is 17.5 Å². The van der Waals surface area contributed by atoms with E-state index in [4.69, 9.17) is 14.3 Å². The number of hydrogen-bond donors (Lipinski definition) is 1. The van der Waals surface area contributed by atoms with Gasteiger partial charge >= 0.3 is 5.97 Å². The first-order valence-electron chi connectivity index (χ1n) is 6.72. The molecule has 0 spiro atoms. The van der Waals surface area contributed by atoms with Crippen molar-refractivity contribution in [3.05, 3.63) is 29.7 Å². The SMILES string of the molecule is O=C(O)[C@@H]1CN(C(=O)Cc2csc(-c3ccoc3)n2)CCO1. The molecule has 2 aromatic rings. The average molecular weight is 322 g/mol. The molecule has 0 unspecified atom stereocenters. The maximum Gasteiger partial charge on any atom is 0.334 e. The van der Waals surface area contributed by atoms with Gasteiger partial charge in [-0.1, -0.05) is 0 Å². The number of aliphatic carboxylic acids is 1. The third-order valence-corrected chi connectivity index (χ3v) is 4.29. The summed E-state index contributed by atoms with van der Waals surface area (Å²) in [6, 6.07) is 1.81. The van der Waals surface area contributed by atoms with Gasteiger partial charge in [0.2, 0.25) is 5.91 Å². The van der Waals surface area contributed by atoms with E-state index in [0.29, 0.717) is 12.2 Å². The highest BCUT2D eigenvalue weighted by molar-refractivity contribution is 7.13. The third kappa shape index (κ3) is 3.18. The van der Waals surface area contributed by atoms with Gasteiger partial charge in [0.25, 0.3) is 0 Å². The smallest absolute Gasteiger partial charge is 0.334 e. The van der Waals surface area contributed by atoms with Crippen LogP contribution in [0.25, 0.3) is 10.6 Å². The van der Waals surface area contributed by atoms with Crippen LogP contribution in [0.5, 0.6) is 0 Å². The van der Waals surface area contributed by atoms with Gasteiger partial charge < -0.3 is 19.2 Å². The minimum absolute atomic E-state index is 0.0763. The van der Waals surface area contributed by atoms with Crippen molar-refractivity contribution in [1.29, 1.82) is 0 Å². The Hall–Kier alpha value is -2.19. The van der Waals surface area contributed by atoms with Crippen molar-refractivity contribution in [2.24, 2.45) is 0 Å². The van der Waals surface area contributed by atoms with E-state index in [9.17, 15) is 9.59 Å². The molecule has 7 nitrogen and oxygen atoms in total. The Labute approximate surface area is 130 Å². The molecular weight excluding hydrogens is 308 g/mol. The Balaban J connectivity index is 1.63. The number of morpholine rings is 1. The second-order valence-corrected chi connectivity index (χ2v) is 5.73. The number of carbonyl (C=O) groups excluding carboxylic acids is 1. The fraction of sp³-hybridized carbons (Fsp3) is 0.357. The van der Waals surface area contributed by atoms with Crippen LogP contribution < -0.4 is 0 Å². The van der Waals surface area contributed by atoms with Crippen molar-refractivity contribution < 1.29 is 23.8 Å². The number of ether oxygens (including phenoxy) is 1. The lowest BCUT2D eigenvalue weighted by Gasteiger charge is -2.30. The van der Waals surface area contributed by atoms with Gasteiger partial charge in [-0.25, -0.2) is 9.78 Å². The maximum absolute atomic E-state index is 12.3. The number of carboxylic acid groups (broad SMARTS) is 1. The molecule has 1 N–H and O–H groups in total. The monoisotopic (exact) mass is 322 g/mol. The molecule has 1 aliphatic heterocycles. The van der Waals surface area contributed by atoms with Crippen LogP contribution in [-0.2, 0) is 20.7 Å². The largest absolute Gasteiger partial charge is 0.479 e. The fourth-order valence-corrected chi connectivity index (χ4v) is 3.00. The first-order chi connectivity index (χ1) is 10.6. The van der Waals surface area contributed by atoms with Gasteiger partial charge in [-0.15, -0.1) is 11.3 Å². The van der Waals surface area contributed by atoms with Crippen molar-refractivity contribution in [1.82, 2.24) is 9.88 Å². The summed E-state index contributed by atoms with van der Waals surface area (Å²) in [7, 11) is 0. The predicted octanol–water partition coefficient (Wildman–Crippen LogP) is 1.26. The zero-order valence-electron chi connectivity index (χ0n) is 11.6. The summed E-state index contributed by atoms with van der Waals surface area (Å²) >= 11 is 1.44. The van der Waals surface area contributed by atoms with Crippen LogP contribution in [0.4, 0.5) is 0 Å². The highest BCUT2D eigenvalue weighted by Gasteiger charge is 2.29. The number of rotatable bonds is 4. The number of aromatic nitrogens is 1. The van der Waals surface area contributed by atoms with Crippen molar-refractivity contribution in [3.8, 4) is 10.6 Å². The molecule has 1 aliphatic rings. The summed E-state index contributed by atoms with van der Waals surface area (Å²) in [6.07, 6.45) is 2.38. The van der Waals surface area contributed by atoms with E-state index in [-0.39, 0.29) is 25.5 Å². The lowest BCUT2D eigenvalue weighted by molar-refractivity contribution is -0.159. The quantitative estimate of drug-likeness (QED) is 0.911. The van der Waals surface area contributed by atoms with E-state index in [2.05, 4.69) is 4.98 Å². The standard InChI is InChI=1S/C14H14N2O5S/c17-12(16-2-4-21-11(6-16)14(18)19)5-10-8-22-13(15-10)9-1-3-20-7-9/h1,3,7-8,11H,2,4-6H2,(H,18,19)/t11-/m0/s1. The molecule has 1 amide bonds. The number of carboxylic acids is 1. The number of amides is 1. The van der Waals surface area contributed by atoms with Crippen molar-refractivity contribution in [3.63, 3.8) is 0 Å². The van der Waals surface area contributed by atoms with Crippen molar-refractivity contribution >= 4 is 23.2 Å². The summed E-state index contributed by atoms with van der Waals surface area (Å²) in [5, 5.41) is 11.6. The molecule has 2 aromatic heterocycles. The van der Waals surface area contributed by atoms with Crippen LogP contribution in [-0.4, -0.2) is 52.7 Å². The molecule has 3 rings (SSSR count). The van der Waals surface area contributed by atoms with Crippen LogP contribution >= 0.6 is 11.3 Å². The Bertz CT molecular complexity index is 667. The number of nitrogens with zero attached hydrogens (tertiary/aromatic N) is 2. The summed E-state index contributed by atoms with van der Waals surface area (Å²) < 4.78 is 10.1. The molecule has 1 atom stereocenters. The van der Waals surface area contributed by atoms with E-state index < -0.39 is 12.1 Å². The Morgan fingerprint density at radius 2 is 2.36 bits per heavy atom. The minimum atomic E-state index is -1.05. The van der Waals surface area contributed by atoms with E-state index in [1.807, 2.05) is 11.4 Å². The first-order valence-corrected chi connectivity index (χ1v) is 7.60. The van der Waals surface area contributed by atoms with Gasteiger partial charge in [-0.3, -0.25) is 4.79 Å². The molecule has 3 heterocycles. The van der Waals surface area contributed by atoms with Gasteiger partial charge in [-0.2, -0.15) is 0 Å². The molecule has 116 valence electrons. The molecular formula is C14H14N2O5S. The number of furan rings is 1. The van der Waals surface area contributed by atoms with Gasteiger partial charge in [0.1, 0.15) is 11.3 Å². The zero-order valence-corrected chi connectivity index (χ0v) is 12.4. The highest BCUT2D eigenvalue weighted by Crippen LogP contribution is 2.24. The summed E-state index contributed by atoms with van der Waals surface area (Å²) in [4.78, 5) is 29.1. The van der Waals surface area contributed by atoms with E-state index in [0.717, 1.165) is 10.6 Å². The predicted molar refractivity (Wildman–Crippen MR) is 77.5 cm³/mol. The van der Waals surface area contributed by atoms with Crippen molar-refractivity contribution in [2.45, 2.75) is 12.5 Å². The summed E-state index contributed by atoms with van der Waals surface area (Å²) in [5.74, 6) is -1.19. The van der Waals surface area contributed by atoms with Gasteiger partial charge in [-0.05, 0) is 6.07 Å². The van der Waals surface area contributed by atoms with Crippen LogP contribution in [0.3, 0.4) is 0 Å². The molecule has 1 saturated heterocycles. The Morgan fingerprint density at radius 1 is 1.50 bits per heavy atom. The topological polar surface area (TPSA) is 92.9 Å². The third-order valence-electron chi connectivity index (χ3n) is 3.35. The van der Waals surface area contributed by atoms with Crippen LogP contribution in [0.2, 0.25) is 0 Å². The number of thiazole rings is 1. The van der Waals surface area contributed by atoms with Crippen LogP contribution in [0.15, 0.2) is 28.4 Å². The van der Waals surface area contributed by atoms with E-state index >= 15 is 0 Å². The molecule has 0 saturated carbocycles.